The van der Waals surface area contributed by atoms with Crippen LogP contribution in [0.15, 0.2) is 0 Å². The van der Waals surface area contributed by atoms with E-state index in [1.54, 1.807) is 4.90 Å². The summed E-state index contributed by atoms with van der Waals surface area (Å²) in [6, 6.07) is -0.514. The smallest absolute Gasteiger partial charge is 0.326 e. The zero-order chi connectivity index (χ0) is 15.4. The van der Waals surface area contributed by atoms with E-state index >= 15 is 0 Å². The number of hydrogen-bond acceptors (Lipinski definition) is 3. The standard InChI is InChI=1S/C15H27N3O3/c1-16(2)11-12-7-6-10-17(12)15(21)18-9-5-3-4-8-13(18)14(19)20/h12-13H,3-11H2,1-2H3,(H,19,20). The van der Waals surface area contributed by atoms with Crippen molar-refractivity contribution in [1.29, 1.82) is 0 Å². The van der Waals surface area contributed by atoms with Gasteiger partial charge in [-0.15, -0.1) is 0 Å². The lowest BCUT2D eigenvalue weighted by atomic mass is 10.1. The molecule has 0 saturated carbocycles. The van der Waals surface area contributed by atoms with E-state index in [4.69, 9.17) is 0 Å². The number of hydrogen-bond donors (Lipinski definition) is 1. The molecule has 0 spiro atoms. The third-order valence-corrected chi connectivity index (χ3v) is 4.48. The fourth-order valence-electron chi connectivity index (χ4n) is 3.46. The average Bonchev–Trinajstić information content (AvgIpc) is 2.72. The van der Waals surface area contributed by atoms with Crippen LogP contribution in [0, 0.1) is 0 Å². The highest BCUT2D eigenvalue weighted by Crippen LogP contribution is 2.24. The fraction of sp³-hybridized carbons (Fsp3) is 0.867. The Hall–Kier alpha value is -1.30. The zero-order valence-corrected chi connectivity index (χ0v) is 13.1. The molecule has 0 aromatic carbocycles. The Morgan fingerprint density at radius 3 is 2.43 bits per heavy atom. The van der Waals surface area contributed by atoms with Gasteiger partial charge in [-0.1, -0.05) is 12.8 Å². The summed E-state index contributed by atoms with van der Waals surface area (Å²) in [5, 5.41) is 9.42. The van der Waals surface area contributed by atoms with Crippen LogP contribution in [0.4, 0.5) is 4.79 Å². The summed E-state index contributed by atoms with van der Waals surface area (Å²) in [4.78, 5) is 29.9. The summed E-state index contributed by atoms with van der Waals surface area (Å²) in [5.41, 5.74) is 0. The number of likely N-dealkylation sites (tertiary alicyclic amines) is 2. The molecule has 2 aliphatic heterocycles. The van der Waals surface area contributed by atoms with Gasteiger partial charge in [-0.05, 0) is 39.8 Å². The summed E-state index contributed by atoms with van der Waals surface area (Å²) >= 11 is 0. The number of carbonyl (C=O) groups excluding carboxylic acids is 1. The monoisotopic (exact) mass is 297 g/mol. The lowest BCUT2D eigenvalue weighted by molar-refractivity contribution is -0.142. The lowest BCUT2D eigenvalue weighted by Crippen LogP contribution is -2.53. The van der Waals surface area contributed by atoms with Crippen LogP contribution in [0.2, 0.25) is 0 Å². The van der Waals surface area contributed by atoms with Gasteiger partial charge in [-0.2, -0.15) is 0 Å². The van der Waals surface area contributed by atoms with Crippen LogP contribution in [0.1, 0.15) is 38.5 Å². The minimum absolute atomic E-state index is 0.0753. The van der Waals surface area contributed by atoms with Crippen LogP contribution >= 0.6 is 0 Å². The maximum Gasteiger partial charge on any atom is 0.326 e. The van der Waals surface area contributed by atoms with Gasteiger partial charge in [0.1, 0.15) is 6.04 Å². The number of urea groups is 1. The number of carbonyl (C=O) groups is 2. The third-order valence-electron chi connectivity index (χ3n) is 4.48. The van der Waals surface area contributed by atoms with E-state index in [-0.39, 0.29) is 12.1 Å². The van der Waals surface area contributed by atoms with Crippen molar-refractivity contribution < 1.29 is 14.7 Å². The minimum Gasteiger partial charge on any atom is -0.480 e. The molecule has 2 amide bonds. The molecule has 2 unspecified atom stereocenters. The Kier molecular flexibility index (Phi) is 5.45. The number of amides is 2. The molecule has 1 N–H and O–H groups in total. The summed E-state index contributed by atoms with van der Waals surface area (Å²) in [5.74, 6) is -0.867. The maximum atomic E-state index is 12.8. The van der Waals surface area contributed by atoms with Crippen LogP contribution < -0.4 is 0 Å². The molecule has 0 radical (unpaired) electrons. The molecule has 0 aromatic heterocycles. The van der Waals surface area contributed by atoms with Gasteiger partial charge in [-0.25, -0.2) is 9.59 Å². The number of aliphatic carboxylic acids is 1. The van der Waals surface area contributed by atoms with E-state index in [2.05, 4.69) is 4.90 Å². The van der Waals surface area contributed by atoms with E-state index < -0.39 is 12.0 Å². The highest BCUT2D eigenvalue weighted by molar-refractivity contribution is 5.83. The topological polar surface area (TPSA) is 64.1 Å². The first-order valence-corrected chi connectivity index (χ1v) is 7.95. The molecule has 0 aromatic rings. The van der Waals surface area contributed by atoms with Gasteiger partial charge in [0.2, 0.25) is 0 Å². The van der Waals surface area contributed by atoms with Gasteiger partial charge in [0.05, 0.1) is 0 Å². The average molecular weight is 297 g/mol. The Bertz CT molecular complexity index is 386. The first kappa shape index (κ1) is 16.1. The Morgan fingerprint density at radius 2 is 1.76 bits per heavy atom. The molecule has 2 saturated heterocycles. The predicted molar refractivity (Wildman–Crippen MR) is 80.3 cm³/mol. The number of likely N-dealkylation sites (N-methyl/N-ethyl adjacent to an activating group) is 1. The molecule has 2 heterocycles. The van der Waals surface area contributed by atoms with Gasteiger partial charge in [-0.3, -0.25) is 0 Å². The second kappa shape index (κ2) is 7.11. The summed E-state index contributed by atoms with van der Waals surface area (Å²) < 4.78 is 0. The van der Waals surface area contributed by atoms with Crippen molar-refractivity contribution in [2.45, 2.75) is 50.6 Å². The molecular weight excluding hydrogens is 270 g/mol. The second-order valence-electron chi connectivity index (χ2n) is 6.43. The van der Waals surface area contributed by atoms with Crippen molar-refractivity contribution in [2.75, 3.05) is 33.7 Å². The van der Waals surface area contributed by atoms with Crippen molar-refractivity contribution in [2.24, 2.45) is 0 Å². The van der Waals surface area contributed by atoms with E-state index in [9.17, 15) is 14.7 Å². The van der Waals surface area contributed by atoms with Gasteiger partial charge in [0.25, 0.3) is 0 Å². The largest absolute Gasteiger partial charge is 0.480 e. The molecule has 21 heavy (non-hydrogen) atoms. The third kappa shape index (κ3) is 3.87. The van der Waals surface area contributed by atoms with E-state index in [0.717, 1.165) is 45.2 Å². The Morgan fingerprint density at radius 1 is 1.05 bits per heavy atom. The van der Waals surface area contributed by atoms with Crippen molar-refractivity contribution >= 4 is 12.0 Å². The number of rotatable bonds is 3. The maximum absolute atomic E-state index is 12.8. The van der Waals surface area contributed by atoms with Crippen LogP contribution in [0.25, 0.3) is 0 Å². The molecule has 2 rings (SSSR count). The predicted octanol–water partition coefficient (Wildman–Crippen LogP) is 1.46. The summed E-state index contributed by atoms with van der Waals surface area (Å²) in [6.07, 6.45) is 5.40. The molecular formula is C15H27N3O3. The molecule has 2 aliphatic rings. The number of carboxylic acid groups (broad SMARTS) is 1. The Labute approximate surface area is 126 Å². The number of nitrogens with zero attached hydrogens (tertiary/aromatic N) is 3. The van der Waals surface area contributed by atoms with E-state index in [0.29, 0.717) is 13.0 Å². The van der Waals surface area contributed by atoms with Crippen LogP contribution in [0.3, 0.4) is 0 Å². The van der Waals surface area contributed by atoms with Gasteiger partial charge >= 0.3 is 12.0 Å². The van der Waals surface area contributed by atoms with Gasteiger partial charge in [0.15, 0.2) is 0 Å². The fourth-order valence-corrected chi connectivity index (χ4v) is 3.46. The minimum atomic E-state index is -0.867. The molecule has 2 atom stereocenters. The highest BCUT2D eigenvalue weighted by atomic mass is 16.4. The van der Waals surface area contributed by atoms with Crippen LogP contribution in [-0.4, -0.2) is 77.6 Å². The van der Waals surface area contributed by atoms with Crippen LogP contribution in [0.5, 0.6) is 0 Å². The molecule has 6 heteroatoms. The quantitative estimate of drug-likeness (QED) is 0.856. The van der Waals surface area contributed by atoms with Gasteiger partial charge < -0.3 is 19.8 Å². The molecule has 0 bridgehead atoms. The highest BCUT2D eigenvalue weighted by Gasteiger charge is 2.37. The first-order chi connectivity index (χ1) is 10.0. The van der Waals surface area contributed by atoms with Crippen molar-refractivity contribution in [3.8, 4) is 0 Å². The Balaban J connectivity index is 2.10. The molecule has 120 valence electrons. The van der Waals surface area contributed by atoms with Crippen molar-refractivity contribution in [3.05, 3.63) is 0 Å². The lowest BCUT2D eigenvalue weighted by Gasteiger charge is -2.35. The zero-order valence-electron chi connectivity index (χ0n) is 13.1. The summed E-state index contributed by atoms with van der Waals surface area (Å²) in [7, 11) is 4.01. The molecule has 6 nitrogen and oxygen atoms in total. The van der Waals surface area contributed by atoms with E-state index in [1.807, 2.05) is 19.0 Å². The van der Waals surface area contributed by atoms with Gasteiger partial charge in [0, 0.05) is 25.7 Å². The first-order valence-electron chi connectivity index (χ1n) is 7.95. The van der Waals surface area contributed by atoms with Crippen molar-refractivity contribution in [1.82, 2.24) is 14.7 Å². The number of carboxylic acids is 1. The summed E-state index contributed by atoms with van der Waals surface area (Å²) in [6.45, 7) is 2.17. The second-order valence-corrected chi connectivity index (χ2v) is 6.43. The normalized spacial score (nSPS) is 27.0. The van der Waals surface area contributed by atoms with E-state index in [1.165, 1.54) is 0 Å². The van der Waals surface area contributed by atoms with Crippen LogP contribution in [-0.2, 0) is 4.79 Å². The molecule has 2 fully saturated rings. The molecule has 0 aliphatic carbocycles. The SMILES string of the molecule is CN(C)CC1CCCN1C(=O)N1CCCCCC1C(=O)O. The van der Waals surface area contributed by atoms with Crippen molar-refractivity contribution in [3.63, 3.8) is 0 Å².